The number of hydrogen-bond donors (Lipinski definition) is 4. The Bertz CT molecular complexity index is 438. The molecule has 1 heterocycles. The summed E-state index contributed by atoms with van der Waals surface area (Å²) in [4.78, 5) is 22.7. The largest absolute Gasteiger partial charge is 0.481 e. The molecule has 1 aliphatic rings. The third-order valence-corrected chi connectivity index (χ3v) is 3.44. The molecule has 0 radical (unpaired) electrons. The molecule has 0 saturated heterocycles. The number of urea groups is 1. The van der Waals surface area contributed by atoms with Crippen molar-refractivity contribution in [1.29, 1.82) is 0 Å². The van der Waals surface area contributed by atoms with Crippen molar-refractivity contribution in [2.45, 2.75) is 44.2 Å². The molecule has 0 unspecified atom stereocenters. The van der Waals surface area contributed by atoms with Gasteiger partial charge in [-0.3, -0.25) is 9.89 Å². The highest BCUT2D eigenvalue weighted by Gasteiger charge is 2.37. The number of carboxylic acid groups (broad SMARTS) is 1. The van der Waals surface area contributed by atoms with Gasteiger partial charge in [-0.25, -0.2) is 4.79 Å². The Morgan fingerprint density at radius 1 is 1.42 bits per heavy atom. The van der Waals surface area contributed by atoms with Crippen molar-refractivity contribution in [3.63, 3.8) is 0 Å². The third kappa shape index (κ3) is 3.70. The molecule has 1 aliphatic carbocycles. The van der Waals surface area contributed by atoms with E-state index >= 15 is 0 Å². The standard InChI is InChI=1S/C12H18N4O3/c17-10(18)5-12(3-1-2-4-12)16-11(19)13-6-9-7-14-15-8-9/h7-8H,1-6H2,(H,14,15)(H,17,18)(H2,13,16,19). The summed E-state index contributed by atoms with van der Waals surface area (Å²) in [7, 11) is 0. The topological polar surface area (TPSA) is 107 Å². The Morgan fingerprint density at radius 3 is 2.74 bits per heavy atom. The number of carbonyl (C=O) groups excluding carboxylic acids is 1. The molecule has 0 bridgehead atoms. The molecule has 1 aromatic rings. The van der Waals surface area contributed by atoms with Crippen LogP contribution in [-0.2, 0) is 11.3 Å². The van der Waals surface area contributed by atoms with E-state index in [1.54, 1.807) is 12.4 Å². The van der Waals surface area contributed by atoms with Gasteiger partial charge in [0.2, 0.25) is 0 Å². The van der Waals surface area contributed by atoms with Crippen LogP contribution in [0.5, 0.6) is 0 Å². The fourth-order valence-electron chi connectivity index (χ4n) is 2.53. The molecule has 7 nitrogen and oxygen atoms in total. The Morgan fingerprint density at radius 2 is 2.16 bits per heavy atom. The lowest BCUT2D eigenvalue weighted by Gasteiger charge is -2.28. The maximum atomic E-state index is 11.8. The number of amides is 2. The number of carbonyl (C=O) groups is 2. The van der Waals surface area contributed by atoms with Crippen LogP contribution in [0.2, 0.25) is 0 Å². The van der Waals surface area contributed by atoms with E-state index in [1.165, 1.54) is 0 Å². The molecule has 4 N–H and O–H groups in total. The summed E-state index contributed by atoms with van der Waals surface area (Å²) in [5, 5.41) is 20.9. The molecule has 0 aliphatic heterocycles. The van der Waals surface area contributed by atoms with Gasteiger partial charge in [-0.05, 0) is 12.8 Å². The van der Waals surface area contributed by atoms with Gasteiger partial charge in [-0.1, -0.05) is 12.8 Å². The summed E-state index contributed by atoms with van der Waals surface area (Å²) in [5.74, 6) is -0.878. The zero-order valence-electron chi connectivity index (χ0n) is 10.6. The number of aliphatic carboxylic acids is 1. The van der Waals surface area contributed by atoms with Crippen LogP contribution in [0.25, 0.3) is 0 Å². The highest BCUT2D eigenvalue weighted by atomic mass is 16.4. The summed E-state index contributed by atoms with van der Waals surface area (Å²) in [6.45, 7) is 0.367. The minimum Gasteiger partial charge on any atom is -0.481 e. The fraction of sp³-hybridized carbons (Fsp3) is 0.583. The van der Waals surface area contributed by atoms with Crippen LogP contribution in [0.1, 0.15) is 37.7 Å². The van der Waals surface area contributed by atoms with Crippen LogP contribution in [0.3, 0.4) is 0 Å². The van der Waals surface area contributed by atoms with Crippen LogP contribution >= 0.6 is 0 Å². The highest BCUT2D eigenvalue weighted by Crippen LogP contribution is 2.32. The first kappa shape index (κ1) is 13.4. The molecule has 7 heteroatoms. The smallest absolute Gasteiger partial charge is 0.315 e. The second-order valence-corrected chi connectivity index (χ2v) is 4.97. The van der Waals surface area contributed by atoms with E-state index in [0.717, 1.165) is 31.2 Å². The fourth-order valence-corrected chi connectivity index (χ4v) is 2.53. The molecule has 0 aromatic carbocycles. The molecule has 0 atom stereocenters. The van der Waals surface area contributed by atoms with Gasteiger partial charge in [0.15, 0.2) is 0 Å². The average Bonchev–Trinajstić information content (AvgIpc) is 2.97. The van der Waals surface area contributed by atoms with Crippen LogP contribution in [0.4, 0.5) is 4.79 Å². The van der Waals surface area contributed by atoms with Gasteiger partial charge in [-0.2, -0.15) is 5.10 Å². The molecule has 2 rings (SSSR count). The first-order valence-corrected chi connectivity index (χ1v) is 6.35. The van der Waals surface area contributed by atoms with Crippen molar-refractivity contribution in [2.75, 3.05) is 0 Å². The minimum atomic E-state index is -0.878. The molecular formula is C12H18N4O3. The number of aromatic nitrogens is 2. The predicted octanol–water partition coefficient (Wildman–Crippen LogP) is 0.996. The zero-order valence-corrected chi connectivity index (χ0v) is 10.6. The van der Waals surface area contributed by atoms with Crippen molar-refractivity contribution in [3.05, 3.63) is 18.0 Å². The van der Waals surface area contributed by atoms with Gasteiger partial charge in [0.1, 0.15) is 0 Å². The summed E-state index contributed by atoms with van der Waals surface area (Å²) in [5.41, 5.74) is 0.278. The molecular weight excluding hydrogens is 248 g/mol. The molecule has 104 valence electrons. The van der Waals surface area contributed by atoms with Crippen molar-refractivity contribution in [3.8, 4) is 0 Å². The van der Waals surface area contributed by atoms with E-state index in [1.807, 2.05) is 0 Å². The maximum Gasteiger partial charge on any atom is 0.315 e. The van der Waals surface area contributed by atoms with Crippen molar-refractivity contribution in [1.82, 2.24) is 20.8 Å². The molecule has 1 saturated carbocycles. The zero-order chi connectivity index (χ0) is 13.7. The second-order valence-electron chi connectivity index (χ2n) is 4.97. The number of H-pyrrole nitrogens is 1. The summed E-state index contributed by atoms with van der Waals surface area (Å²) < 4.78 is 0. The first-order chi connectivity index (χ1) is 9.10. The third-order valence-electron chi connectivity index (χ3n) is 3.44. The number of hydrogen-bond acceptors (Lipinski definition) is 3. The Labute approximate surface area is 110 Å². The van der Waals surface area contributed by atoms with E-state index in [-0.39, 0.29) is 12.5 Å². The van der Waals surface area contributed by atoms with Crippen LogP contribution < -0.4 is 10.6 Å². The van der Waals surface area contributed by atoms with Crippen molar-refractivity contribution in [2.24, 2.45) is 0 Å². The summed E-state index contributed by atoms with van der Waals surface area (Å²) >= 11 is 0. The Kier molecular flexibility index (Phi) is 4.03. The lowest BCUT2D eigenvalue weighted by atomic mass is 9.93. The predicted molar refractivity (Wildman–Crippen MR) is 67.4 cm³/mol. The van der Waals surface area contributed by atoms with Gasteiger partial charge in [0.05, 0.1) is 18.2 Å². The van der Waals surface area contributed by atoms with Gasteiger partial charge in [0.25, 0.3) is 0 Å². The number of carboxylic acids is 1. The number of rotatable bonds is 5. The van der Waals surface area contributed by atoms with Gasteiger partial charge >= 0.3 is 12.0 Å². The lowest BCUT2D eigenvalue weighted by molar-refractivity contribution is -0.138. The number of nitrogens with one attached hydrogen (secondary N) is 3. The Balaban J connectivity index is 1.86. The van der Waals surface area contributed by atoms with Crippen molar-refractivity contribution < 1.29 is 14.7 Å². The van der Waals surface area contributed by atoms with Gasteiger partial charge in [0, 0.05) is 18.3 Å². The number of nitrogens with zero attached hydrogens (tertiary/aromatic N) is 1. The SMILES string of the molecule is O=C(O)CC1(NC(=O)NCc2cn[nH]c2)CCCC1. The van der Waals surface area contributed by atoms with Gasteiger partial charge < -0.3 is 15.7 Å². The molecule has 1 aromatic heterocycles. The van der Waals surface area contributed by atoms with E-state index in [4.69, 9.17) is 5.11 Å². The van der Waals surface area contributed by atoms with Crippen LogP contribution in [-0.4, -0.2) is 32.8 Å². The molecule has 1 fully saturated rings. The number of aromatic amines is 1. The minimum absolute atomic E-state index is 0.0217. The van der Waals surface area contributed by atoms with E-state index in [2.05, 4.69) is 20.8 Å². The maximum absolute atomic E-state index is 11.8. The van der Waals surface area contributed by atoms with E-state index < -0.39 is 11.5 Å². The lowest BCUT2D eigenvalue weighted by Crippen LogP contribution is -2.51. The van der Waals surface area contributed by atoms with Crippen molar-refractivity contribution >= 4 is 12.0 Å². The molecule has 19 heavy (non-hydrogen) atoms. The van der Waals surface area contributed by atoms with Crippen LogP contribution in [0.15, 0.2) is 12.4 Å². The summed E-state index contributed by atoms with van der Waals surface area (Å²) in [6, 6.07) is -0.329. The van der Waals surface area contributed by atoms with E-state index in [0.29, 0.717) is 6.54 Å². The quantitative estimate of drug-likeness (QED) is 0.637. The second kappa shape index (κ2) is 5.73. The van der Waals surface area contributed by atoms with E-state index in [9.17, 15) is 9.59 Å². The van der Waals surface area contributed by atoms with Crippen LogP contribution in [0, 0.1) is 0 Å². The Hall–Kier alpha value is -2.05. The average molecular weight is 266 g/mol. The molecule has 0 spiro atoms. The first-order valence-electron chi connectivity index (χ1n) is 6.35. The summed E-state index contributed by atoms with van der Waals surface area (Å²) in [6.07, 6.45) is 6.65. The normalized spacial score (nSPS) is 17.1. The molecule has 2 amide bonds. The monoisotopic (exact) mass is 266 g/mol. The van der Waals surface area contributed by atoms with Gasteiger partial charge in [-0.15, -0.1) is 0 Å². The highest BCUT2D eigenvalue weighted by molar-refractivity contribution is 5.76.